The van der Waals surface area contributed by atoms with Gasteiger partial charge in [0.2, 0.25) is 0 Å². The van der Waals surface area contributed by atoms with Crippen LogP contribution in [0.1, 0.15) is 57.7 Å². The van der Waals surface area contributed by atoms with Crippen molar-refractivity contribution >= 4 is 29.5 Å². The molecule has 0 fully saturated rings. The zero-order valence-electron chi connectivity index (χ0n) is 21.6. The van der Waals surface area contributed by atoms with E-state index in [1.165, 1.54) is 11.3 Å². The molecule has 7 heteroatoms. The maximum absolute atomic E-state index is 13.6. The first-order valence-electron chi connectivity index (χ1n) is 12.6. The quantitative estimate of drug-likeness (QED) is 0.295. The number of benzene rings is 2. The molecule has 3 aromatic rings. The van der Waals surface area contributed by atoms with E-state index in [0.717, 1.165) is 29.7 Å². The lowest BCUT2D eigenvalue weighted by molar-refractivity contribution is -0.143. The SMILES string of the molecule is CCCCOc1ccc(C2C(C(=O)OC(C)C)=C(C)N=c3sc(=CC=Cc4ccccc4)c(=O)n32)cc1. The second-order valence-electron chi connectivity index (χ2n) is 9.10. The van der Waals surface area contributed by atoms with Crippen LogP contribution in [0.3, 0.4) is 0 Å². The van der Waals surface area contributed by atoms with Gasteiger partial charge in [-0.2, -0.15) is 0 Å². The number of rotatable bonds is 9. The van der Waals surface area contributed by atoms with E-state index in [4.69, 9.17) is 9.47 Å². The number of thiazole rings is 1. The molecule has 1 aliphatic heterocycles. The van der Waals surface area contributed by atoms with Crippen molar-refractivity contribution < 1.29 is 14.3 Å². The molecule has 6 nitrogen and oxygen atoms in total. The molecule has 0 radical (unpaired) electrons. The molecule has 192 valence electrons. The number of aromatic nitrogens is 1. The van der Waals surface area contributed by atoms with Gasteiger partial charge in [-0.25, -0.2) is 9.79 Å². The summed E-state index contributed by atoms with van der Waals surface area (Å²) >= 11 is 1.31. The Morgan fingerprint density at radius 2 is 1.86 bits per heavy atom. The van der Waals surface area contributed by atoms with Crippen LogP contribution in [0.5, 0.6) is 5.75 Å². The standard InChI is InChI=1S/C30H32N2O4S/c1-5-6-19-35-24-17-15-23(16-18-24)27-26(29(34)36-20(2)3)21(4)31-30-32(27)28(33)25(37-30)14-10-13-22-11-8-7-9-12-22/h7-18,20,27H,5-6,19H2,1-4H3. The highest BCUT2D eigenvalue weighted by atomic mass is 32.1. The van der Waals surface area contributed by atoms with Gasteiger partial charge in [0.1, 0.15) is 5.75 Å². The molecule has 2 aromatic carbocycles. The number of carbonyl (C=O) groups excluding carboxylic acids is 1. The number of fused-ring (bicyclic) bond motifs is 1. The summed E-state index contributed by atoms with van der Waals surface area (Å²) in [6.45, 7) is 8.16. The smallest absolute Gasteiger partial charge is 0.338 e. The highest BCUT2D eigenvalue weighted by Gasteiger charge is 2.33. The fourth-order valence-electron chi connectivity index (χ4n) is 4.08. The maximum atomic E-state index is 13.6. The van der Waals surface area contributed by atoms with Crippen LogP contribution in [0.4, 0.5) is 0 Å². The minimum Gasteiger partial charge on any atom is -0.494 e. The Bertz CT molecular complexity index is 1480. The van der Waals surface area contributed by atoms with Gasteiger partial charge in [-0.1, -0.05) is 79.3 Å². The molecule has 0 amide bonds. The van der Waals surface area contributed by atoms with Crippen LogP contribution >= 0.6 is 11.3 Å². The zero-order chi connectivity index (χ0) is 26.4. The molecule has 4 rings (SSSR count). The van der Waals surface area contributed by atoms with Gasteiger partial charge >= 0.3 is 5.97 Å². The van der Waals surface area contributed by atoms with E-state index in [1.807, 2.05) is 66.7 Å². The predicted molar refractivity (Wildman–Crippen MR) is 148 cm³/mol. The molecule has 37 heavy (non-hydrogen) atoms. The third-order valence-electron chi connectivity index (χ3n) is 5.88. The van der Waals surface area contributed by atoms with Crippen molar-refractivity contribution in [2.45, 2.75) is 52.7 Å². The van der Waals surface area contributed by atoms with Gasteiger partial charge in [0, 0.05) is 0 Å². The number of nitrogens with zero attached hydrogens (tertiary/aromatic N) is 2. The predicted octanol–water partition coefficient (Wildman–Crippen LogP) is 5.03. The molecule has 1 aliphatic rings. The van der Waals surface area contributed by atoms with Gasteiger partial charge in [0.25, 0.3) is 5.56 Å². The molecule has 0 spiro atoms. The Labute approximate surface area is 220 Å². The molecule has 0 bridgehead atoms. The van der Waals surface area contributed by atoms with Gasteiger partial charge < -0.3 is 9.47 Å². The summed E-state index contributed by atoms with van der Waals surface area (Å²) in [5, 5.41) is 0. The molecule has 1 unspecified atom stereocenters. The molecule has 1 aromatic heterocycles. The van der Waals surface area contributed by atoms with Crippen molar-refractivity contribution in [2.75, 3.05) is 6.61 Å². The van der Waals surface area contributed by atoms with E-state index in [0.29, 0.717) is 27.2 Å². The molecule has 0 saturated carbocycles. The van der Waals surface area contributed by atoms with E-state index >= 15 is 0 Å². The summed E-state index contributed by atoms with van der Waals surface area (Å²) in [6, 6.07) is 16.8. The summed E-state index contributed by atoms with van der Waals surface area (Å²) in [7, 11) is 0. The summed E-state index contributed by atoms with van der Waals surface area (Å²) in [5.41, 5.74) is 2.55. The normalized spacial score (nSPS) is 15.7. The lowest BCUT2D eigenvalue weighted by atomic mass is 9.96. The average Bonchev–Trinajstić information content (AvgIpc) is 3.18. The number of ether oxygens (including phenoxy) is 2. The van der Waals surface area contributed by atoms with Gasteiger partial charge in [-0.3, -0.25) is 9.36 Å². The van der Waals surface area contributed by atoms with Crippen molar-refractivity contribution in [3.8, 4) is 5.75 Å². The van der Waals surface area contributed by atoms with Crippen molar-refractivity contribution in [3.63, 3.8) is 0 Å². The fourth-order valence-corrected chi connectivity index (χ4v) is 5.08. The Hall–Kier alpha value is -3.71. The third kappa shape index (κ3) is 6.17. The first-order chi connectivity index (χ1) is 17.9. The second-order valence-corrected chi connectivity index (χ2v) is 10.1. The molecule has 0 N–H and O–H groups in total. The van der Waals surface area contributed by atoms with Gasteiger partial charge in [0.05, 0.1) is 34.6 Å². The van der Waals surface area contributed by atoms with Crippen molar-refractivity contribution in [2.24, 2.45) is 4.99 Å². The van der Waals surface area contributed by atoms with Crippen LogP contribution in [-0.4, -0.2) is 23.2 Å². The van der Waals surface area contributed by atoms with Crippen LogP contribution < -0.4 is 19.6 Å². The Kier molecular flexibility index (Phi) is 8.56. The van der Waals surface area contributed by atoms with Crippen LogP contribution in [0.2, 0.25) is 0 Å². The molecule has 0 saturated heterocycles. The van der Waals surface area contributed by atoms with Crippen LogP contribution in [0.15, 0.2) is 81.7 Å². The fraction of sp³-hybridized carbons (Fsp3) is 0.300. The van der Waals surface area contributed by atoms with Crippen molar-refractivity contribution in [1.82, 2.24) is 4.57 Å². The van der Waals surface area contributed by atoms with Gasteiger partial charge in [-0.15, -0.1) is 0 Å². The summed E-state index contributed by atoms with van der Waals surface area (Å²) in [4.78, 5) is 32.0. The van der Waals surface area contributed by atoms with E-state index in [2.05, 4.69) is 11.9 Å². The largest absolute Gasteiger partial charge is 0.494 e. The lowest BCUT2D eigenvalue weighted by Crippen LogP contribution is -2.40. The van der Waals surface area contributed by atoms with Crippen molar-refractivity contribution in [1.29, 1.82) is 0 Å². The van der Waals surface area contributed by atoms with Gasteiger partial charge in [-0.05, 0) is 56.5 Å². The first-order valence-corrected chi connectivity index (χ1v) is 13.4. The summed E-state index contributed by atoms with van der Waals surface area (Å²) < 4.78 is 13.5. The van der Waals surface area contributed by atoms with E-state index in [9.17, 15) is 9.59 Å². The van der Waals surface area contributed by atoms with Crippen molar-refractivity contribution in [3.05, 3.63) is 103 Å². The highest BCUT2D eigenvalue weighted by molar-refractivity contribution is 7.07. The molecule has 2 heterocycles. The van der Waals surface area contributed by atoms with E-state index < -0.39 is 12.0 Å². The Morgan fingerprint density at radius 1 is 1.14 bits per heavy atom. The van der Waals surface area contributed by atoms with Crippen LogP contribution in [0.25, 0.3) is 12.2 Å². The topological polar surface area (TPSA) is 69.9 Å². The molecular weight excluding hydrogens is 484 g/mol. The van der Waals surface area contributed by atoms with Crippen LogP contribution in [0, 0.1) is 0 Å². The lowest BCUT2D eigenvalue weighted by Gasteiger charge is -2.25. The molecule has 1 atom stereocenters. The first kappa shape index (κ1) is 26.4. The number of carbonyl (C=O) groups is 1. The number of hydrogen-bond donors (Lipinski definition) is 0. The number of esters is 1. The Morgan fingerprint density at radius 3 is 2.54 bits per heavy atom. The number of allylic oxidation sites excluding steroid dienone is 2. The summed E-state index contributed by atoms with van der Waals surface area (Å²) in [5.74, 6) is 0.283. The third-order valence-corrected chi connectivity index (χ3v) is 6.88. The number of unbranched alkanes of at least 4 members (excludes halogenated alkanes) is 1. The van der Waals surface area contributed by atoms with E-state index in [1.54, 1.807) is 31.4 Å². The van der Waals surface area contributed by atoms with Gasteiger partial charge in [0.15, 0.2) is 4.80 Å². The average molecular weight is 517 g/mol. The minimum absolute atomic E-state index is 0.197. The second kappa shape index (κ2) is 12.0. The maximum Gasteiger partial charge on any atom is 0.338 e. The molecular formula is C30H32N2O4S. The number of hydrogen-bond acceptors (Lipinski definition) is 6. The zero-order valence-corrected chi connectivity index (χ0v) is 22.5. The highest BCUT2D eigenvalue weighted by Crippen LogP contribution is 2.32. The van der Waals surface area contributed by atoms with E-state index in [-0.39, 0.29) is 11.7 Å². The summed E-state index contributed by atoms with van der Waals surface area (Å²) in [6.07, 6.45) is 7.34. The van der Waals surface area contributed by atoms with Crippen LogP contribution in [-0.2, 0) is 9.53 Å². The minimum atomic E-state index is -0.646. The molecule has 0 aliphatic carbocycles. The Balaban J connectivity index is 1.78. The monoisotopic (exact) mass is 516 g/mol.